The van der Waals surface area contributed by atoms with Gasteiger partial charge in [-0.1, -0.05) is 233 Å². The van der Waals surface area contributed by atoms with Gasteiger partial charge in [-0.3, -0.25) is 48.9 Å². The zero-order valence-corrected chi connectivity index (χ0v) is 86.7. The quantitative estimate of drug-likeness (QED) is 0.0684. The molecule has 7 aliphatic rings. The number of hydrogen-bond donors (Lipinski definition) is 0. The van der Waals surface area contributed by atoms with Crippen LogP contribution in [-0.2, 0) is 109 Å². The van der Waals surface area contributed by atoms with Crippen molar-refractivity contribution in [2.75, 3.05) is 0 Å². The number of hydrogen-bond acceptors (Lipinski definition) is 30. The zero-order chi connectivity index (χ0) is 105. The number of benzene rings is 10. The molecule has 760 valence electrons. The third-order valence-corrected chi connectivity index (χ3v) is 38.5. The predicted octanol–water partition coefficient (Wildman–Crippen LogP) is 20.3. The summed E-state index contributed by atoms with van der Waals surface area (Å²) in [6, 6.07) is 60.5. The standard InChI is InChI=1S/C23H19ClN2O4S.C22H16ClFN2O4S.C21H17ClN2O4S.C20H14Cl2N2O4S.C20H14ClFN2O4S/c1-14-7-8-16(24)20(30-13-15-5-3-2-4-6-15)17(14)21-19(27)18-22(26-12-11-25-18)23(9-10-23)31(21,28)29;23-14-6-7-15(24)16(19(14)30-12-13-4-2-1-3-5-13)20-18(27)17-21(26-11-10-25-17)22(8-9-22)31(20,28)29;1-13-7-8-15(22)20(28-11-14-5-3-2-4-6-14)17(13)21-19(25)18-16(12-29(21,26)27)23-9-10-24-18;21-13-6-7-14(22)19(28-10-12-4-2-1-3-5-12)16(13)20-18(25)17-15(11-29(20,26)27)23-8-9-24-17;21-13-6-7-14(22)16(19(13)28-10-12-4-2-1-3-5-12)20-18(25)17-15(11-29(20,26)27)23-8-9-24-17/h2-8,11-12,21H,9-10,13H2,1H3;1-7,10-11,20H,8-9,12H2;2-10,21H,11-12H2,1H3;2*1-9,20H,10-11H2. The van der Waals surface area contributed by atoms with E-state index in [1.165, 1.54) is 86.2 Å². The summed E-state index contributed by atoms with van der Waals surface area (Å²) in [7, 11) is -20.1. The van der Waals surface area contributed by atoms with Crippen LogP contribution in [-0.4, -0.2) is 121 Å². The monoisotopic (exact) mass is 2220 g/mol. The molecule has 30 nitrogen and oxygen atoms in total. The van der Waals surface area contributed by atoms with Gasteiger partial charge in [0.15, 0.2) is 75.4 Å². The molecule has 2 fully saturated rings. The molecule has 2 saturated carbocycles. The van der Waals surface area contributed by atoms with Crippen LogP contribution in [0.5, 0.6) is 28.7 Å². The molecule has 10 aromatic carbocycles. The van der Waals surface area contributed by atoms with E-state index in [4.69, 9.17) is 93.3 Å². The van der Waals surface area contributed by atoms with Gasteiger partial charge in [0.2, 0.25) is 28.9 Å². The van der Waals surface area contributed by atoms with Crippen LogP contribution in [0, 0.1) is 25.5 Å². The summed E-state index contributed by atoms with van der Waals surface area (Å²) in [5.74, 6) is -6.53. The largest absolute Gasteiger partial charge is 0.487 e. The number of carbonyl (C=O) groups is 5. The fraction of sp³-hybridized carbons (Fsp3) is 0.198. The molecule has 22 rings (SSSR count). The summed E-state index contributed by atoms with van der Waals surface area (Å²) in [6.45, 7) is 4.05. The first kappa shape index (κ1) is 105. The van der Waals surface area contributed by atoms with Gasteiger partial charge in [-0.25, -0.2) is 75.8 Å². The van der Waals surface area contributed by atoms with E-state index in [-0.39, 0.29) is 177 Å². The minimum Gasteiger partial charge on any atom is -0.487 e. The predicted molar refractivity (Wildman–Crippen MR) is 549 cm³/mol. The maximum Gasteiger partial charge on any atom is 0.205 e. The molecule has 15 aromatic rings. The van der Waals surface area contributed by atoms with Crippen molar-refractivity contribution in [2.24, 2.45) is 0 Å². The first-order valence-corrected chi connectivity index (χ1v) is 56.1. The Morgan fingerprint density at radius 2 is 0.490 bits per heavy atom. The van der Waals surface area contributed by atoms with Gasteiger partial charge in [0.1, 0.15) is 111 Å². The molecule has 5 aliphatic heterocycles. The van der Waals surface area contributed by atoms with E-state index in [1.807, 2.05) is 115 Å². The van der Waals surface area contributed by atoms with Gasteiger partial charge in [-0.05, 0) is 127 Å². The van der Waals surface area contributed by atoms with Crippen LogP contribution in [0.15, 0.2) is 274 Å². The number of nitrogens with zero attached hydrogens (tertiary/aromatic N) is 10. The highest BCUT2D eigenvalue weighted by Crippen LogP contribution is 2.63. The van der Waals surface area contributed by atoms with Crippen molar-refractivity contribution >= 4 is 148 Å². The first-order chi connectivity index (χ1) is 71.4. The van der Waals surface area contributed by atoms with Crippen molar-refractivity contribution in [1.29, 1.82) is 0 Å². The number of sulfone groups is 5. The third kappa shape index (κ3) is 20.8. The molecule has 5 atom stereocenters. The van der Waals surface area contributed by atoms with E-state index in [2.05, 4.69) is 49.8 Å². The molecule has 2 aliphatic carbocycles. The molecule has 149 heavy (non-hydrogen) atoms. The van der Waals surface area contributed by atoms with E-state index < -0.39 is 143 Å². The first-order valence-electron chi connectivity index (χ1n) is 45.6. The molecule has 0 saturated heterocycles. The number of halogens is 8. The second kappa shape index (κ2) is 43.1. The second-order valence-corrected chi connectivity index (χ2v) is 48.6. The van der Waals surface area contributed by atoms with Gasteiger partial charge < -0.3 is 23.7 Å². The van der Waals surface area contributed by atoms with Crippen LogP contribution in [0.25, 0.3) is 0 Å². The van der Waals surface area contributed by atoms with Gasteiger partial charge in [0.25, 0.3) is 0 Å². The highest BCUT2D eigenvalue weighted by atomic mass is 35.5. The number of carbonyl (C=O) groups excluding carboxylic acids is 5. The van der Waals surface area contributed by atoms with Gasteiger partial charge in [0.05, 0.1) is 82.0 Å². The van der Waals surface area contributed by atoms with Crippen LogP contribution in [0.1, 0.15) is 200 Å². The Hall–Kier alpha value is -13.7. The fourth-order valence-corrected chi connectivity index (χ4v) is 30.0. The van der Waals surface area contributed by atoms with Crippen LogP contribution in [0.2, 0.25) is 30.1 Å². The van der Waals surface area contributed by atoms with Crippen LogP contribution >= 0.6 is 69.6 Å². The normalized spacial score (nSPS) is 18.7. The molecule has 0 amide bonds. The minimum absolute atomic E-state index is 0.00488. The third-order valence-electron chi connectivity index (χ3n) is 25.6. The lowest BCUT2D eigenvalue weighted by atomic mass is 9.97. The molecule has 43 heteroatoms. The Labute approximate surface area is 883 Å². The zero-order valence-electron chi connectivity index (χ0n) is 78.1. The summed E-state index contributed by atoms with van der Waals surface area (Å²) in [5.41, 5.74) is 6.01. The van der Waals surface area contributed by atoms with E-state index in [0.29, 0.717) is 36.8 Å². The van der Waals surface area contributed by atoms with E-state index in [0.717, 1.165) is 39.9 Å². The highest BCUT2D eigenvalue weighted by molar-refractivity contribution is 7.94. The van der Waals surface area contributed by atoms with Gasteiger partial charge in [-0.2, -0.15) is 0 Å². The Morgan fingerprint density at radius 1 is 0.268 bits per heavy atom. The topological polar surface area (TPSA) is 431 Å². The Bertz CT molecular complexity index is 7840. The van der Waals surface area contributed by atoms with Crippen LogP contribution in [0.3, 0.4) is 0 Å². The van der Waals surface area contributed by atoms with E-state index in [1.54, 1.807) is 74.5 Å². The molecular weight excluding hydrogens is 2140 g/mol. The number of aromatic nitrogens is 10. The van der Waals surface area contributed by atoms with Crippen molar-refractivity contribution in [2.45, 2.75) is 126 Å². The average Bonchev–Trinajstić information content (AvgIpc) is 1.52. The number of ketones is 5. The maximum atomic E-state index is 15.1. The second-order valence-electron chi connectivity index (χ2n) is 35.2. The number of aryl methyl sites for hydroxylation is 2. The van der Waals surface area contributed by atoms with Crippen molar-refractivity contribution in [1.82, 2.24) is 49.8 Å². The lowest BCUT2D eigenvalue weighted by molar-refractivity contribution is 0.0965. The van der Waals surface area contributed by atoms with Gasteiger partial charge in [0, 0.05) is 83.7 Å². The van der Waals surface area contributed by atoms with Crippen molar-refractivity contribution in [3.8, 4) is 28.7 Å². The number of ether oxygens (including phenoxy) is 5. The lowest BCUT2D eigenvalue weighted by Gasteiger charge is -2.31. The van der Waals surface area contributed by atoms with E-state index >= 15 is 4.39 Å². The fourth-order valence-electron chi connectivity index (χ4n) is 18.2. The average molecular weight is 2220 g/mol. The molecule has 0 radical (unpaired) electrons. The van der Waals surface area contributed by atoms with Crippen LogP contribution < -0.4 is 23.7 Å². The summed E-state index contributed by atoms with van der Waals surface area (Å²) >= 11 is 38.0. The summed E-state index contributed by atoms with van der Waals surface area (Å²) < 4.78 is 189. The molecule has 0 bridgehead atoms. The number of rotatable bonds is 20. The smallest absolute Gasteiger partial charge is 0.205 e. The molecule has 0 N–H and O–H groups in total. The minimum atomic E-state index is -4.18. The Morgan fingerprint density at radius 3 is 0.799 bits per heavy atom. The molecular formula is C106H80Cl6F2N10O20S5. The van der Waals surface area contributed by atoms with Crippen molar-refractivity contribution in [3.63, 3.8) is 0 Å². The molecule has 5 unspecified atom stereocenters. The molecule has 10 heterocycles. The van der Waals surface area contributed by atoms with Crippen molar-refractivity contribution in [3.05, 3.63) is 440 Å². The summed E-state index contributed by atoms with van der Waals surface area (Å²) in [6.07, 6.45) is 15.0. The Balaban J connectivity index is 0.000000122. The summed E-state index contributed by atoms with van der Waals surface area (Å²) in [5, 5.41) is -7.28. The van der Waals surface area contributed by atoms with Gasteiger partial charge in [-0.15, -0.1) is 0 Å². The Kier molecular flexibility index (Phi) is 30.4. The highest BCUT2D eigenvalue weighted by Gasteiger charge is 2.68. The SMILES string of the molecule is Cc1ccc(Cl)c(OCc2ccccc2)c1C1C(=O)c2nccnc2C2(CC2)S1(=O)=O.Cc1ccc(Cl)c(OCc2ccccc2)c1C1C(=O)c2nccnc2CS1(=O)=O.O=C1c2nccnc2C2(CC2)S(=O)(=O)C1c1c(F)ccc(Cl)c1OCc1ccccc1.O=C1c2nccnc2CS(=O)(=O)C1c1c(Cl)ccc(Cl)c1OCc1ccccc1.O=C1c2nccnc2CS(=O)(=O)C1c1c(F)ccc(Cl)c1OCc1ccccc1. The molecule has 5 aromatic heterocycles. The van der Waals surface area contributed by atoms with Crippen molar-refractivity contribution < 1.29 is 98.5 Å². The van der Waals surface area contributed by atoms with Gasteiger partial charge >= 0.3 is 0 Å². The lowest BCUT2D eigenvalue weighted by Crippen LogP contribution is -2.40. The van der Waals surface area contributed by atoms with E-state index in [9.17, 15) is 70.5 Å². The van der Waals surface area contributed by atoms with Crippen LogP contribution in [0.4, 0.5) is 8.78 Å². The number of fused-ring (bicyclic) bond motifs is 7. The number of Topliss-reactive ketones (excluding diaryl/α,β-unsaturated/α-hetero) is 5. The summed E-state index contributed by atoms with van der Waals surface area (Å²) in [4.78, 5) is 107. The maximum absolute atomic E-state index is 15.1. The molecule has 2 spiro atoms.